The maximum Gasteiger partial charge on any atom is 0.294 e. The highest BCUT2D eigenvalue weighted by Gasteiger charge is 2.21. The topological polar surface area (TPSA) is 339 Å². The molecule has 0 spiro atoms. The second kappa shape index (κ2) is 19.1. The van der Waals surface area contributed by atoms with Crippen LogP contribution in [0.5, 0.6) is 0 Å². The van der Waals surface area contributed by atoms with Gasteiger partial charge in [-0.25, -0.2) is 9.97 Å². The van der Waals surface area contributed by atoms with Gasteiger partial charge < -0.3 is 16.0 Å². The molecule has 0 aliphatic rings. The van der Waals surface area contributed by atoms with Gasteiger partial charge in [0.1, 0.15) is 29.2 Å². The molecule has 21 nitrogen and oxygen atoms in total. The minimum atomic E-state index is -4.56. The summed E-state index contributed by atoms with van der Waals surface area (Å²) in [7, 11) is -13.6. The fraction of sp³-hybridized carbons (Fsp3) is 0.0238. The van der Waals surface area contributed by atoms with Crippen LogP contribution in [-0.4, -0.2) is 54.8 Å². The lowest BCUT2D eigenvalue weighted by Gasteiger charge is -2.16. The number of aromatic nitrogens is 2. The SMILES string of the molecule is Cc1c(C#N)c(Nc2ccc(S(=O)(=O)O)cc2)nc(Nc2ccc(S(=O)(=O)O)cc2)c1/N=N/c1nc(-c2ccc(NC(=O)c3cccc(S(=O)(=O)O)c3)cc2)c(N=Nc2ccccc2C#N)s1. The summed E-state index contributed by atoms with van der Waals surface area (Å²) in [6.07, 6.45) is 0. The van der Waals surface area contributed by atoms with Crippen molar-refractivity contribution in [1.82, 2.24) is 9.97 Å². The maximum atomic E-state index is 13.0. The Morgan fingerprint density at radius 2 is 1.21 bits per heavy atom. The smallest absolute Gasteiger partial charge is 0.294 e. The van der Waals surface area contributed by atoms with Gasteiger partial charge in [0.2, 0.25) is 5.13 Å². The van der Waals surface area contributed by atoms with Gasteiger partial charge in [-0.3, -0.25) is 18.5 Å². The van der Waals surface area contributed by atoms with E-state index in [1.807, 2.05) is 0 Å². The number of thiazole rings is 1. The van der Waals surface area contributed by atoms with Crippen LogP contribution in [0.1, 0.15) is 27.0 Å². The summed E-state index contributed by atoms with van der Waals surface area (Å²) in [5, 5.41) is 46.3. The number of benzene rings is 5. The average Bonchev–Trinajstić information content (AvgIpc) is 3.71. The zero-order valence-corrected chi connectivity index (χ0v) is 37.2. The van der Waals surface area contributed by atoms with Gasteiger partial charge in [0.05, 0.1) is 25.8 Å². The fourth-order valence-electron chi connectivity index (χ4n) is 5.98. The van der Waals surface area contributed by atoms with E-state index in [-0.39, 0.29) is 82.3 Å². The van der Waals surface area contributed by atoms with E-state index in [4.69, 9.17) is 0 Å². The van der Waals surface area contributed by atoms with E-state index >= 15 is 0 Å². The third-order valence-electron chi connectivity index (χ3n) is 9.27. The van der Waals surface area contributed by atoms with Crippen molar-refractivity contribution >= 4 is 97.8 Å². The summed E-state index contributed by atoms with van der Waals surface area (Å²) in [6, 6.07) is 31.7. The Kier molecular flexibility index (Phi) is 13.4. The molecule has 336 valence electrons. The molecular formula is C42H29N11O10S4. The Bertz CT molecular complexity index is 3570. The second-order valence-corrected chi connectivity index (χ2v) is 19.0. The molecule has 1 amide bonds. The van der Waals surface area contributed by atoms with Crippen LogP contribution in [-0.2, 0) is 30.4 Å². The monoisotopic (exact) mass is 975 g/mol. The lowest BCUT2D eigenvalue weighted by atomic mass is 10.1. The molecular weight excluding hydrogens is 947 g/mol. The fourth-order valence-corrected chi connectivity index (χ4v) is 8.20. The largest absolute Gasteiger partial charge is 0.339 e. The molecule has 2 aromatic heterocycles. The average molecular weight is 976 g/mol. The van der Waals surface area contributed by atoms with Crippen LogP contribution in [0.2, 0.25) is 0 Å². The molecule has 25 heteroatoms. The third-order valence-corrected chi connectivity index (χ3v) is 12.7. The van der Waals surface area contributed by atoms with E-state index in [1.165, 1.54) is 36.4 Å². The Labute approximate surface area is 385 Å². The first-order chi connectivity index (χ1) is 31.8. The van der Waals surface area contributed by atoms with Gasteiger partial charge in [0.25, 0.3) is 36.3 Å². The zero-order chi connectivity index (χ0) is 48.1. The number of nitrogens with zero attached hydrogens (tertiary/aromatic N) is 8. The molecule has 7 aromatic rings. The van der Waals surface area contributed by atoms with Crippen molar-refractivity contribution in [2.24, 2.45) is 20.5 Å². The van der Waals surface area contributed by atoms with Gasteiger partial charge >= 0.3 is 0 Å². The second-order valence-electron chi connectivity index (χ2n) is 13.7. The number of nitriles is 2. The number of hydrogen-bond donors (Lipinski definition) is 6. The number of anilines is 5. The number of rotatable bonds is 14. The van der Waals surface area contributed by atoms with Crippen LogP contribution in [0.3, 0.4) is 0 Å². The van der Waals surface area contributed by atoms with Gasteiger partial charge in [0.15, 0.2) is 16.6 Å². The van der Waals surface area contributed by atoms with E-state index in [1.54, 1.807) is 55.5 Å². The van der Waals surface area contributed by atoms with Crippen molar-refractivity contribution < 1.29 is 43.7 Å². The van der Waals surface area contributed by atoms with Crippen LogP contribution in [0.4, 0.5) is 50.2 Å². The molecule has 0 aliphatic heterocycles. The lowest BCUT2D eigenvalue weighted by Crippen LogP contribution is -2.12. The Morgan fingerprint density at radius 3 is 1.79 bits per heavy atom. The van der Waals surface area contributed by atoms with Gasteiger partial charge in [-0.2, -0.15) is 35.8 Å². The molecule has 0 fully saturated rings. The quantitative estimate of drug-likeness (QED) is 0.0436. The first-order valence-electron chi connectivity index (χ1n) is 18.8. The van der Waals surface area contributed by atoms with E-state index < -0.39 is 41.2 Å². The number of nitrogens with one attached hydrogen (secondary N) is 3. The highest BCUT2D eigenvalue weighted by atomic mass is 32.2. The summed E-state index contributed by atoms with van der Waals surface area (Å²) in [5.74, 6) is -0.686. The minimum Gasteiger partial charge on any atom is -0.339 e. The third kappa shape index (κ3) is 11.2. The van der Waals surface area contributed by atoms with Gasteiger partial charge in [-0.15, -0.1) is 20.5 Å². The molecule has 0 bridgehead atoms. The molecule has 7 rings (SSSR count). The molecule has 0 radical (unpaired) electrons. The molecule has 6 N–H and O–H groups in total. The molecule has 67 heavy (non-hydrogen) atoms. The van der Waals surface area contributed by atoms with Gasteiger partial charge in [-0.1, -0.05) is 41.7 Å². The molecule has 0 saturated heterocycles. The number of carbonyl (C=O) groups excluding carboxylic acids is 1. The Hall–Kier alpha value is -8.14. The molecule has 0 atom stereocenters. The molecule has 0 aliphatic carbocycles. The molecule has 5 aromatic carbocycles. The van der Waals surface area contributed by atoms with Crippen molar-refractivity contribution in [3.63, 3.8) is 0 Å². The highest BCUT2D eigenvalue weighted by Crippen LogP contribution is 2.43. The lowest BCUT2D eigenvalue weighted by molar-refractivity contribution is 0.102. The van der Waals surface area contributed by atoms with E-state index in [2.05, 4.69) is 58.5 Å². The summed E-state index contributed by atoms with van der Waals surface area (Å²) in [5.41, 5.74) is 2.30. The zero-order valence-electron chi connectivity index (χ0n) is 34.0. The molecule has 0 unspecified atom stereocenters. The van der Waals surface area contributed by atoms with Crippen molar-refractivity contribution in [1.29, 1.82) is 10.5 Å². The van der Waals surface area contributed by atoms with Crippen LogP contribution < -0.4 is 16.0 Å². The van der Waals surface area contributed by atoms with E-state index in [0.29, 0.717) is 11.3 Å². The van der Waals surface area contributed by atoms with Crippen molar-refractivity contribution in [2.75, 3.05) is 16.0 Å². The maximum absolute atomic E-state index is 13.0. The van der Waals surface area contributed by atoms with Crippen molar-refractivity contribution in [3.05, 3.63) is 144 Å². The Morgan fingerprint density at radius 1 is 0.627 bits per heavy atom. The van der Waals surface area contributed by atoms with Crippen LogP contribution in [0, 0.1) is 29.6 Å². The minimum absolute atomic E-state index is 0.0101. The normalized spacial score (nSPS) is 11.9. The van der Waals surface area contributed by atoms with Crippen LogP contribution in [0.15, 0.2) is 156 Å². The van der Waals surface area contributed by atoms with Gasteiger partial charge in [-0.05, 0) is 97.9 Å². The first kappa shape index (κ1) is 46.8. The number of azo groups is 2. The predicted molar refractivity (Wildman–Crippen MR) is 244 cm³/mol. The predicted octanol–water partition coefficient (Wildman–Crippen LogP) is 9.57. The van der Waals surface area contributed by atoms with E-state index in [0.717, 1.165) is 47.7 Å². The van der Waals surface area contributed by atoms with E-state index in [9.17, 15) is 54.2 Å². The number of pyridine rings is 1. The highest BCUT2D eigenvalue weighted by molar-refractivity contribution is 7.86. The summed E-state index contributed by atoms with van der Waals surface area (Å²) < 4.78 is 98.2. The number of carbonyl (C=O) groups is 1. The summed E-state index contributed by atoms with van der Waals surface area (Å²) in [6.45, 7) is 1.55. The van der Waals surface area contributed by atoms with Crippen LogP contribution >= 0.6 is 11.3 Å². The summed E-state index contributed by atoms with van der Waals surface area (Å²) >= 11 is 0.946. The van der Waals surface area contributed by atoms with Crippen LogP contribution in [0.25, 0.3) is 11.3 Å². The Balaban J connectivity index is 1.27. The molecule has 2 heterocycles. The van der Waals surface area contributed by atoms with Crippen molar-refractivity contribution in [2.45, 2.75) is 21.6 Å². The number of hydrogen-bond acceptors (Lipinski definition) is 18. The van der Waals surface area contributed by atoms with Gasteiger partial charge in [0, 0.05) is 33.8 Å². The summed E-state index contributed by atoms with van der Waals surface area (Å²) in [4.78, 5) is 21.0. The standard InChI is InChI=1S/C42H29N11O10S4/c1-24-34(23-44)38(45-28-13-17-31(18-14-28)65(55,56)57)49-39(46-29-15-19-32(20-16-29)66(58,59)60)36(24)51-53-42-48-37(41(64-42)52-50-35-8-3-2-5-27(35)22-43)25-9-11-30(12-10-25)47-40(54)26-6-4-7-33(21-26)67(61,62)63/h2-21H,1H3,(H,47,54)(H2,45,46,49)(H,55,56,57)(H,58,59,60)(H,61,62,63)/b52-50?,53-51+. The first-order valence-corrected chi connectivity index (χ1v) is 23.9. The van der Waals surface area contributed by atoms with Crippen molar-refractivity contribution in [3.8, 4) is 23.4 Å². The number of amides is 1. The molecule has 0 saturated carbocycles.